The molecule has 0 aliphatic rings. The normalized spacial score (nSPS) is 10.7. The zero-order valence-corrected chi connectivity index (χ0v) is 14.4. The summed E-state index contributed by atoms with van der Waals surface area (Å²) in [6, 6.07) is 28.4. The van der Waals surface area contributed by atoms with E-state index in [2.05, 4.69) is 33.2 Å². The third-order valence-electron chi connectivity index (χ3n) is 3.89. The smallest absolute Gasteiger partial charge is 0.175 e. The second kappa shape index (κ2) is 6.46. The quantitative estimate of drug-likeness (QED) is 0.411. The van der Waals surface area contributed by atoms with Crippen molar-refractivity contribution in [3.05, 3.63) is 89.4 Å². The monoisotopic (exact) mass is 375 g/mol. The zero-order valence-electron chi connectivity index (χ0n) is 12.8. The second-order valence-electron chi connectivity index (χ2n) is 5.48. The van der Waals surface area contributed by atoms with Crippen molar-refractivity contribution in [2.75, 3.05) is 0 Å². The van der Waals surface area contributed by atoms with Gasteiger partial charge in [-0.1, -0.05) is 93.9 Å². The van der Waals surface area contributed by atoms with Gasteiger partial charge in [-0.15, -0.1) is 0 Å². The fourth-order valence-corrected chi connectivity index (χ4v) is 3.18. The molecule has 0 aliphatic heterocycles. The van der Waals surface area contributed by atoms with E-state index in [0.29, 0.717) is 0 Å². The van der Waals surface area contributed by atoms with Crippen LogP contribution < -0.4 is 0 Å². The summed E-state index contributed by atoms with van der Waals surface area (Å²) < 4.78 is 6.79. The highest BCUT2D eigenvalue weighted by Gasteiger charge is 2.20. The largest absolute Gasteiger partial charge is 0.355 e. The maximum Gasteiger partial charge on any atom is 0.175 e. The molecule has 3 heteroatoms. The minimum absolute atomic E-state index is 0.785. The van der Waals surface area contributed by atoms with E-state index in [0.717, 1.165) is 38.2 Å². The van der Waals surface area contributed by atoms with Gasteiger partial charge < -0.3 is 4.52 Å². The molecule has 4 rings (SSSR count). The Kier molecular flexibility index (Phi) is 4.01. The molecule has 1 aromatic heterocycles. The Labute approximate surface area is 148 Å². The molecular formula is C21H14BrNO. The van der Waals surface area contributed by atoms with Crippen LogP contribution in [-0.2, 0) is 0 Å². The summed E-state index contributed by atoms with van der Waals surface area (Å²) in [6.45, 7) is 0. The Balaban J connectivity index is 1.98. The van der Waals surface area contributed by atoms with Crippen molar-refractivity contribution in [2.24, 2.45) is 0 Å². The van der Waals surface area contributed by atoms with Crippen molar-refractivity contribution in [1.82, 2.24) is 5.16 Å². The van der Waals surface area contributed by atoms with Gasteiger partial charge in [0, 0.05) is 15.6 Å². The van der Waals surface area contributed by atoms with E-state index in [1.54, 1.807) is 0 Å². The molecule has 0 N–H and O–H groups in total. The molecule has 24 heavy (non-hydrogen) atoms. The fraction of sp³-hybridized carbons (Fsp3) is 0. The lowest BCUT2D eigenvalue weighted by atomic mass is 9.96. The lowest BCUT2D eigenvalue weighted by Gasteiger charge is -2.06. The van der Waals surface area contributed by atoms with Crippen LogP contribution in [0.15, 0.2) is 93.9 Å². The molecule has 116 valence electrons. The van der Waals surface area contributed by atoms with Crippen LogP contribution >= 0.6 is 15.9 Å². The van der Waals surface area contributed by atoms with Gasteiger partial charge in [-0.2, -0.15) is 0 Å². The fourth-order valence-electron chi connectivity index (χ4n) is 2.78. The van der Waals surface area contributed by atoms with E-state index in [1.165, 1.54) is 0 Å². The van der Waals surface area contributed by atoms with Crippen molar-refractivity contribution >= 4 is 15.9 Å². The predicted molar refractivity (Wildman–Crippen MR) is 101 cm³/mol. The van der Waals surface area contributed by atoms with Crippen LogP contribution in [0.5, 0.6) is 0 Å². The minimum Gasteiger partial charge on any atom is -0.355 e. The molecule has 0 aliphatic carbocycles. The van der Waals surface area contributed by atoms with E-state index in [-0.39, 0.29) is 0 Å². The second-order valence-corrected chi connectivity index (χ2v) is 6.39. The van der Waals surface area contributed by atoms with E-state index in [9.17, 15) is 0 Å². The summed E-state index contributed by atoms with van der Waals surface area (Å²) in [7, 11) is 0. The van der Waals surface area contributed by atoms with Crippen molar-refractivity contribution < 1.29 is 4.52 Å². The van der Waals surface area contributed by atoms with Crippen LogP contribution in [-0.4, -0.2) is 5.16 Å². The highest BCUT2D eigenvalue weighted by atomic mass is 79.9. The topological polar surface area (TPSA) is 26.0 Å². The van der Waals surface area contributed by atoms with Crippen molar-refractivity contribution in [3.63, 3.8) is 0 Å². The zero-order chi connectivity index (χ0) is 16.4. The lowest BCUT2D eigenvalue weighted by Crippen LogP contribution is -1.85. The van der Waals surface area contributed by atoms with Gasteiger partial charge in [-0.05, 0) is 17.7 Å². The molecule has 0 saturated heterocycles. The van der Waals surface area contributed by atoms with Gasteiger partial charge in [-0.25, -0.2) is 0 Å². The van der Waals surface area contributed by atoms with Crippen LogP contribution in [0.3, 0.4) is 0 Å². The molecule has 0 unspecified atom stereocenters. The summed E-state index contributed by atoms with van der Waals surface area (Å²) in [5.41, 5.74) is 4.99. The Morgan fingerprint density at radius 1 is 0.667 bits per heavy atom. The number of rotatable bonds is 3. The van der Waals surface area contributed by atoms with Gasteiger partial charge in [0.25, 0.3) is 0 Å². The standard InChI is InChI=1S/C21H14BrNO/c22-18-13-7-12-17(14-18)19-20(15-8-3-1-4-9-15)23-24-21(19)16-10-5-2-6-11-16/h1-14H. The molecular weight excluding hydrogens is 362 g/mol. The first-order valence-electron chi connectivity index (χ1n) is 7.69. The number of benzene rings is 3. The number of hydrogen-bond donors (Lipinski definition) is 0. The molecule has 4 aromatic rings. The number of nitrogens with zero attached hydrogens (tertiary/aromatic N) is 1. The van der Waals surface area contributed by atoms with Gasteiger partial charge in [-0.3, -0.25) is 0 Å². The van der Waals surface area contributed by atoms with Gasteiger partial charge in [0.2, 0.25) is 0 Å². The Morgan fingerprint density at radius 3 is 1.96 bits per heavy atom. The molecule has 0 fully saturated rings. The van der Waals surface area contributed by atoms with E-state index in [4.69, 9.17) is 4.52 Å². The summed E-state index contributed by atoms with van der Waals surface area (Å²) in [6.07, 6.45) is 0. The number of halogens is 1. The molecule has 0 spiro atoms. The van der Waals surface area contributed by atoms with Crippen molar-refractivity contribution in [3.8, 4) is 33.7 Å². The van der Waals surface area contributed by atoms with E-state index in [1.807, 2.05) is 72.8 Å². The third kappa shape index (κ3) is 2.79. The summed E-state index contributed by atoms with van der Waals surface area (Å²) in [5, 5.41) is 4.38. The van der Waals surface area contributed by atoms with E-state index >= 15 is 0 Å². The molecule has 0 atom stereocenters. The Bertz CT molecular complexity index is 905. The van der Waals surface area contributed by atoms with Crippen molar-refractivity contribution in [2.45, 2.75) is 0 Å². The Morgan fingerprint density at radius 2 is 1.29 bits per heavy atom. The number of aromatic nitrogens is 1. The molecule has 0 bridgehead atoms. The first-order valence-corrected chi connectivity index (χ1v) is 8.49. The lowest BCUT2D eigenvalue weighted by molar-refractivity contribution is 0.435. The SMILES string of the molecule is Brc1cccc(-c2c(-c3ccccc3)noc2-c2ccccc2)c1. The molecule has 0 saturated carbocycles. The molecule has 1 heterocycles. The van der Waals surface area contributed by atoms with Gasteiger partial charge >= 0.3 is 0 Å². The molecule has 2 nitrogen and oxygen atoms in total. The summed E-state index contributed by atoms with van der Waals surface area (Å²) >= 11 is 3.56. The average Bonchev–Trinajstić information content (AvgIpc) is 3.08. The maximum atomic E-state index is 5.77. The van der Waals surface area contributed by atoms with Gasteiger partial charge in [0.05, 0.1) is 5.56 Å². The highest BCUT2D eigenvalue weighted by molar-refractivity contribution is 9.10. The van der Waals surface area contributed by atoms with Gasteiger partial charge in [0.1, 0.15) is 5.69 Å². The highest BCUT2D eigenvalue weighted by Crippen LogP contribution is 2.40. The van der Waals surface area contributed by atoms with Crippen LogP contribution in [0.2, 0.25) is 0 Å². The third-order valence-corrected chi connectivity index (χ3v) is 4.38. The minimum atomic E-state index is 0.785. The average molecular weight is 376 g/mol. The molecule has 3 aromatic carbocycles. The molecule has 0 amide bonds. The van der Waals surface area contributed by atoms with Crippen LogP contribution in [0.25, 0.3) is 33.7 Å². The predicted octanol–water partition coefficient (Wildman–Crippen LogP) is 6.44. The maximum absolute atomic E-state index is 5.77. The van der Waals surface area contributed by atoms with Crippen LogP contribution in [0.4, 0.5) is 0 Å². The van der Waals surface area contributed by atoms with Crippen LogP contribution in [0.1, 0.15) is 0 Å². The summed E-state index contributed by atoms with van der Waals surface area (Å²) in [4.78, 5) is 0. The van der Waals surface area contributed by atoms with Crippen molar-refractivity contribution in [1.29, 1.82) is 0 Å². The van der Waals surface area contributed by atoms with E-state index < -0.39 is 0 Å². The van der Waals surface area contributed by atoms with Gasteiger partial charge in [0.15, 0.2) is 5.76 Å². The Hall–Kier alpha value is -2.65. The first kappa shape index (κ1) is 14.9. The summed E-state index contributed by atoms with van der Waals surface area (Å²) in [5.74, 6) is 0.785. The first-order chi connectivity index (χ1) is 11.8. The van der Waals surface area contributed by atoms with Crippen LogP contribution in [0, 0.1) is 0 Å². The number of hydrogen-bond acceptors (Lipinski definition) is 2. The molecule has 0 radical (unpaired) electrons.